The topological polar surface area (TPSA) is 104 Å². The van der Waals surface area contributed by atoms with Crippen LogP contribution in [0.4, 0.5) is 5.69 Å². The number of rotatable bonds is 6. The molecule has 0 saturated carbocycles. The molecule has 0 saturated heterocycles. The van der Waals surface area contributed by atoms with E-state index < -0.39 is 10.0 Å². The lowest BCUT2D eigenvalue weighted by Gasteiger charge is -2.14. The van der Waals surface area contributed by atoms with E-state index in [1.54, 1.807) is 0 Å². The molecule has 1 atom stereocenters. The Bertz CT molecular complexity index is 955. The molecule has 142 valence electrons. The van der Waals surface area contributed by atoms with Gasteiger partial charge in [-0.15, -0.1) is 0 Å². The van der Waals surface area contributed by atoms with Crippen molar-refractivity contribution in [2.45, 2.75) is 30.7 Å². The van der Waals surface area contributed by atoms with Crippen LogP contribution in [-0.4, -0.2) is 26.8 Å². The molecule has 8 heteroatoms. The second-order valence-corrected chi connectivity index (χ2v) is 8.15. The Labute approximate surface area is 158 Å². The third-order valence-corrected chi connectivity index (χ3v) is 5.79. The van der Waals surface area contributed by atoms with E-state index in [0.29, 0.717) is 5.69 Å². The number of benzene rings is 2. The van der Waals surface area contributed by atoms with Crippen LogP contribution >= 0.6 is 0 Å². The molecule has 0 bridgehead atoms. The predicted octanol–water partition coefficient (Wildman–Crippen LogP) is 1.73. The zero-order chi connectivity index (χ0) is 19.4. The highest BCUT2D eigenvalue weighted by atomic mass is 32.2. The third kappa shape index (κ3) is 4.72. The molecule has 7 nitrogen and oxygen atoms in total. The summed E-state index contributed by atoms with van der Waals surface area (Å²) in [4.78, 5) is 23.2. The zero-order valence-electron chi connectivity index (χ0n) is 14.9. The Balaban J connectivity index is 1.57. The summed E-state index contributed by atoms with van der Waals surface area (Å²) >= 11 is 0. The van der Waals surface area contributed by atoms with Crippen LogP contribution < -0.4 is 15.4 Å². The van der Waals surface area contributed by atoms with Gasteiger partial charge in [0.25, 0.3) is 0 Å². The van der Waals surface area contributed by atoms with Gasteiger partial charge < -0.3 is 10.6 Å². The Morgan fingerprint density at radius 3 is 2.48 bits per heavy atom. The standard InChI is InChI=1S/C19H21N3O4S/c1-13(23)21-15-7-9-16(10-8-15)27(25,26)20-12-19(24)22-18-11-6-14-4-2-3-5-17(14)18/h2-5,7-10,18,20H,6,11-12H2,1H3,(H,21,23)(H,22,24)/t18-/m1/s1. The van der Waals surface area contributed by atoms with Gasteiger partial charge in [-0.2, -0.15) is 0 Å². The highest BCUT2D eigenvalue weighted by Gasteiger charge is 2.24. The van der Waals surface area contributed by atoms with Crippen molar-refractivity contribution in [3.63, 3.8) is 0 Å². The van der Waals surface area contributed by atoms with Crippen LogP contribution in [0.5, 0.6) is 0 Å². The molecule has 1 aliphatic rings. The van der Waals surface area contributed by atoms with Gasteiger partial charge in [0.2, 0.25) is 21.8 Å². The fraction of sp³-hybridized carbons (Fsp3) is 0.263. The molecule has 0 radical (unpaired) electrons. The second kappa shape index (κ2) is 7.89. The zero-order valence-corrected chi connectivity index (χ0v) is 15.7. The van der Waals surface area contributed by atoms with E-state index in [0.717, 1.165) is 18.4 Å². The van der Waals surface area contributed by atoms with Crippen molar-refractivity contribution in [2.75, 3.05) is 11.9 Å². The van der Waals surface area contributed by atoms with Crippen LogP contribution in [0.1, 0.15) is 30.5 Å². The molecule has 3 rings (SSSR count). The van der Waals surface area contributed by atoms with Gasteiger partial charge in [0.15, 0.2) is 0 Å². The van der Waals surface area contributed by atoms with Crippen LogP contribution in [-0.2, 0) is 26.0 Å². The molecule has 0 fully saturated rings. The van der Waals surface area contributed by atoms with E-state index >= 15 is 0 Å². The lowest BCUT2D eigenvalue weighted by Crippen LogP contribution is -2.38. The molecule has 0 unspecified atom stereocenters. The van der Waals surface area contributed by atoms with Crippen molar-refractivity contribution >= 4 is 27.5 Å². The lowest BCUT2D eigenvalue weighted by atomic mass is 10.1. The highest BCUT2D eigenvalue weighted by molar-refractivity contribution is 7.89. The van der Waals surface area contributed by atoms with Crippen molar-refractivity contribution in [2.24, 2.45) is 0 Å². The van der Waals surface area contributed by atoms with Crippen molar-refractivity contribution in [3.05, 3.63) is 59.7 Å². The number of carbonyl (C=O) groups excluding carboxylic acids is 2. The van der Waals surface area contributed by atoms with Crippen molar-refractivity contribution in [3.8, 4) is 0 Å². The minimum atomic E-state index is -3.82. The number of carbonyl (C=O) groups is 2. The number of anilines is 1. The number of nitrogens with one attached hydrogen (secondary N) is 3. The first kappa shape index (κ1) is 19.1. The van der Waals surface area contributed by atoms with E-state index in [9.17, 15) is 18.0 Å². The Kier molecular flexibility index (Phi) is 5.57. The van der Waals surface area contributed by atoms with Crippen molar-refractivity contribution in [1.29, 1.82) is 0 Å². The molecular formula is C19H21N3O4S. The summed E-state index contributed by atoms with van der Waals surface area (Å²) < 4.78 is 27.0. The Morgan fingerprint density at radius 1 is 1.07 bits per heavy atom. The third-order valence-electron chi connectivity index (χ3n) is 4.38. The van der Waals surface area contributed by atoms with Gasteiger partial charge in [-0.25, -0.2) is 13.1 Å². The lowest BCUT2D eigenvalue weighted by molar-refractivity contribution is -0.120. The molecule has 0 aromatic heterocycles. The fourth-order valence-electron chi connectivity index (χ4n) is 3.12. The first-order valence-electron chi connectivity index (χ1n) is 8.59. The Morgan fingerprint density at radius 2 is 1.78 bits per heavy atom. The van der Waals surface area contributed by atoms with E-state index in [-0.39, 0.29) is 29.3 Å². The summed E-state index contributed by atoms with van der Waals surface area (Å²) in [6.45, 7) is 1.03. The molecular weight excluding hydrogens is 366 g/mol. The quantitative estimate of drug-likeness (QED) is 0.702. The monoisotopic (exact) mass is 387 g/mol. The number of hydrogen-bond acceptors (Lipinski definition) is 4. The molecule has 0 heterocycles. The van der Waals surface area contributed by atoms with Crippen LogP contribution in [0.3, 0.4) is 0 Å². The average Bonchev–Trinajstić information content (AvgIpc) is 3.03. The van der Waals surface area contributed by atoms with E-state index in [2.05, 4.69) is 15.4 Å². The van der Waals surface area contributed by atoms with Gasteiger partial charge in [0.1, 0.15) is 0 Å². The smallest absolute Gasteiger partial charge is 0.241 e. The maximum absolute atomic E-state index is 12.3. The maximum atomic E-state index is 12.3. The van der Waals surface area contributed by atoms with Crippen molar-refractivity contribution in [1.82, 2.24) is 10.0 Å². The van der Waals surface area contributed by atoms with Gasteiger partial charge in [0.05, 0.1) is 17.5 Å². The van der Waals surface area contributed by atoms with E-state index in [4.69, 9.17) is 0 Å². The van der Waals surface area contributed by atoms with Gasteiger partial charge in [-0.1, -0.05) is 24.3 Å². The van der Waals surface area contributed by atoms with Gasteiger partial charge in [-0.05, 0) is 48.2 Å². The van der Waals surface area contributed by atoms with Crippen LogP contribution in [0, 0.1) is 0 Å². The van der Waals surface area contributed by atoms with Crippen LogP contribution in [0.2, 0.25) is 0 Å². The minimum absolute atomic E-state index is 0.0237. The number of sulfonamides is 1. The molecule has 2 aromatic rings. The first-order chi connectivity index (χ1) is 12.8. The number of aryl methyl sites for hydroxylation is 1. The largest absolute Gasteiger partial charge is 0.348 e. The summed E-state index contributed by atoms with van der Waals surface area (Å²) in [5, 5.41) is 5.44. The molecule has 0 spiro atoms. The SMILES string of the molecule is CC(=O)Nc1ccc(S(=O)(=O)NCC(=O)N[C@@H]2CCc3ccccc32)cc1. The number of fused-ring (bicyclic) bond motifs is 1. The first-order valence-corrected chi connectivity index (χ1v) is 10.1. The molecule has 3 N–H and O–H groups in total. The van der Waals surface area contributed by atoms with Crippen molar-refractivity contribution < 1.29 is 18.0 Å². The van der Waals surface area contributed by atoms with Crippen LogP contribution in [0.15, 0.2) is 53.4 Å². The van der Waals surface area contributed by atoms with Gasteiger partial charge in [0, 0.05) is 12.6 Å². The predicted molar refractivity (Wildman–Crippen MR) is 102 cm³/mol. The molecule has 0 aliphatic heterocycles. The summed E-state index contributed by atoms with van der Waals surface area (Å²) in [6.07, 6.45) is 1.70. The van der Waals surface area contributed by atoms with Gasteiger partial charge >= 0.3 is 0 Å². The highest BCUT2D eigenvalue weighted by Crippen LogP contribution is 2.30. The normalized spacial score (nSPS) is 15.8. The number of hydrogen-bond donors (Lipinski definition) is 3. The molecule has 2 aromatic carbocycles. The van der Waals surface area contributed by atoms with E-state index in [1.807, 2.05) is 24.3 Å². The number of amides is 2. The average molecular weight is 387 g/mol. The fourth-order valence-corrected chi connectivity index (χ4v) is 4.10. The van der Waals surface area contributed by atoms with Crippen LogP contribution in [0.25, 0.3) is 0 Å². The minimum Gasteiger partial charge on any atom is -0.348 e. The summed E-state index contributed by atoms with van der Waals surface area (Å²) in [5.41, 5.74) is 2.80. The second-order valence-electron chi connectivity index (χ2n) is 6.39. The summed E-state index contributed by atoms with van der Waals surface area (Å²) in [7, 11) is -3.82. The molecule has 2 amide bonds. The van der Waals surface area contributed by atoms with Gasteiger partial charge in [-0.3, -0.25) is 9.59 Å². The summed E-state index contributed by atoms with van der Waals surface area (Å²) in [5.74, 6) is -0.621. The molecule has 27 heavy (non-hydrogen) atoms. The Hall–Kier alpha value is -2.71. The van der Waals surface area contributed by atoms with E-state index in [1.165, 1.54) is 36.8 Å². The summed E-state index contributed by atoms with van der Waals surface area (Å²) in [6, 6.07) is 13.6. The maximum Gasteiger partial charge on any atom is 0.241 e. The molecule has 1 aliphatic carbocycles.